The van der Waals surface area contributed by atoms with Gasteiger partial charge in [-0.25, -0.2) is 0 Å². The summed E-state index contributed by atoms with van der Waals surface area (Å²) in [5.74, 6) is -0.159. The molecule has 0 saturated heterocycles. The number of methoxy groups -OCH3 is 1. The third kappa shape index (κ3) is 3.78. The van der Waals surface area contributed by atoms with E-state index in [1.807, 2.05) is 32.0 Å². The van der Waals surface area contributed by atoms with Crippen LogP contribution in [0.2, 0.25) is 0 Å². The highest BCUT2D eigenvalue weighted by molar-refractivity contribution is 9.10. The highest BCUT2D eigenvalue weighted by Crippen LogP contribution is 2.26. The van der Waals surface area contributed by atoms with Crippen LogP contribution in [-0.2, 0) is 16.1 Å². The molecule has 1 aromatic carbocycles. The topological polar surface area (TPSA) is 64.4 Å². The van der Waals surface area contributed by atoms with Crippen molar-refractivity contribution in [2.45, 2.75) is 38.8 Å². The molecule has 0 aliphatic rings. The van der Waals surface area contributed by atoms with Gasteiger partial charge in [0, 0.05) is 22.8 Å². The second-order valence-electron chi connectivity index (χ2n) is 4.52. The first-order valence-corrected chi connectivity index (χ1v) is 7.14. The van der Waals surface area contributed by atoms with Crippen LogP contribution in [0.5, 0.6) is 0 Å². The minimum Gasteiger partial charge on any atom is -0.380 e. The molecule has 19 heavy (non-hydrogen) atoms. The standard InChI is InChI=1S/C14H21BrN2O2/c1-4-14(16,5-2)13(18)17-12-8-6-7-11(15)10(12)9-19-3/h6-8H,4-5,9,16H2,1-3H3,(H,17,18). The van der Waals surface area contributed by atoms with Crippen molar-refractivity contribution in [1.29, 1.82) is 0 Å². The van der Waals surface area contributed by atoms with E-state index in [2.05, 4.69) is 21.2 Å². The van der Waals surface area contributed by atoms with E-state index in [0.29, 0.717) is 19.4 Å². The summed E-state index contributed by atoms with van der Waals surface area (Å²) >= 11 is 3.46. The fraction of sp³-hybridized carbons (Fsp3) is 0.500. The number of anilines is 1. The molecule has 1 amide bonds. The summed E-state index contributed by atoms with van der Waals surface area (Å²) in [6.07, 6.45) is 1.20. The third-order valence-electron chi connectivity index (χ3n) is 3.37. The Morgan fingerprint density at radius 3 is 2.58 bits per heavy atom. The summed E-state index contributed by atoms with van der Waals surface area (Å²) in [5, 5.41) is 2.90. The maximum Gasteiger partial charge on any atom is 0.244 e. The Balaban J connectivity index is 2.99. The van der Waals surface area contributed by atoms with Crippen LogP contribution in [0, 0.1) is 0 Å². The maximum atomic E-state index is 12.3. The molecule has 0 bridgehead atoms. The van der Waals surface area contributed by atoms with Crippen molar-refractivity contribution in [2.75, 3.05) is 12.4 Å². The number of carbonyl (C=O) groups is 1. The second kappa shape index (κ2) is 7.03. The van der Waals surface area contributed by atoms with Gasteiger partial charge in [0.05, 0.1) is 12.1 Å². The van der Waals surface area contributed by atoms with Gasteiger partial charge < -0.3 is 15.8 Å². The van der Waals surface area contributed by atoms with Gasteiger partial charge in [-0.1, -0.05) is 35.8 Å². The number of benzene rings is 1. The number of amides is 1. The van der Waals surface area contributed by atoms with Gasteiger partial charge in [-0.05, 0) is 25.0 Å². The normalized spacial score (nSPS) is 11.4. The molecule has 0 saturated carbocycles. The summed E-state index contributed by atoms with van der Waals surface area (Å²) in [4.78, 5) is 12.3. The fourth-order valence-corrected chi connectivity index (χ4v) is 2.27. The smallest absolute Gasteiger partial charge is 0.244 e. The zero-order chi connectivity index (χ0) is 14.5. The van der Waals surface area contributed by atoms with E-state index >= 15 is 0 Å². The molecule has 1 rings (SSSR count). The number of carbonyl (C=O) groups excluding carboxylic acids is 1. The lowest BCUT2D eigenvalue weighted by Crippen LogP contribution is -2.50. The molecule has 4 nitrogen and oxygen atoms in total. The van der Waals surface area contributed by atoms with Crippen LogP contribution in [0.4, 0.5) is 5.69 Å². The van der Waals surface area contributed by atoms with Crippen molar-refractivity contribution < 1.29 is 9.53 Å². The van der Waals surface area contributed by atoms with Gasteiger partial charge in [0.1, 0.15) is 0 Å². The second-order valence-corrected chi connectivity index (χ2v) is 5.37. The van der Waals surface area contributed by atoms with Gasteiger partial charge in [-0.3, -0.25) is 4.79 Å². The zero-order valence-electron chi connectivity index (χ0n) is 11.6. The predicted octanol–water partition coefficient (Wildman–Crippen LogP) is 3.05. The molecule has 106 valence electrons. The number of hydrogen-bond donors (Lipinski definition) is 2. The summed E-state index contributed by atoms with van der Waals surface area (Å²) < 4.78 is 6.06. The van der Waals surface area contributed by atoms with E-state index in [0.717, 1.165) is 15.7 Å². The largest absolute Gasteiger partial charge is 0.380 e. The van der Waals surface area contributed by atoms with Crippen LogP contribution in [0.1, 0.15) is 32.3 Å². The molecule has 0 unspecified atom stereocenters. The molecule has 0 aliphatic heterocycles. The molecular weight excluding hydrogens is 308 g/mol. The van der Waals surface area contributed by atoms with E-state index in [9.17, 15) is 4.79 Å². The summed E-state index contributed by atoms with van der Waals surface area (Å²) in [6.45, 7) is 4.26. The minimum atomic E-state index is -0.827. The zero-order valence-corrected chi connectivity index (χ0v) is 13.2. The molecule has 1 aromatic rings. The lowest BCUT2D eigenvalue weighted by atomic mass is 9.93. The van der Waals surface area contributed by atoms with Crippen molar-refractivity contribution >= 4 is 27.5 Å². The number of nitrogens with one attached hydrogen (secondary N) is 1. The molecule has 0 atom stereocenters. The average Bonchev–Trinajstić information content (AvgIpc) is 2.41. The summed E-state index contributed by atoms with van der Waals surface area (Å²) in [5.41, 5.74) is 6.91. The van der Waals surface area contributed by atoms with Crippen LogP contribution in [0.15, 0.2) is 22.7 Å². The van der Waals surface area contributed by atoms with Crippen LogP contribution >= 0.6 is 15.9 Å². The SMILES string of the molecule is CCC(N)(CC)C(=O)Nc1cccc(Br)c1COC. The van der Waals surface area contributed by atoms with Crippen molar-refractivity contribution in [3.8, 4) is 0 Å². The summed E-state index contributed by atoms with van der Waals surface area (Å²) in [6, 6.07) is 5.64. The summed E-state index contributed by atoms with van der Waals surface area (Å²) in [7, 11) is 1.62. The molecule has 5 heteroatoms. The van der Waals surface area contributed by atoms with Gasteiger partial charge in [0.2, 0.25) is 5.91 Å². The van der Waals surface area contributed by atoms with Gasteiger partial charge in [-0.15, -0.1) is 0 Å². The Bertz CT molecular complexity index is 445. The maximum absolute atomic E-state index is 12.3. The van der Waals surface area contributed by atoms with Gasteiger partial charge in [-0.2, -0.15) is 0 Å². The molecule has 0 fully saturated rings. The van der Waals surface area contributed by atoms with Crippen LogP contribution in [0.25, 0.3) is 0 Å². The molecule has 0 aromatic heterocycles. The Morgan fingerprint density at radius 2 is 2.05 bits per heavy atom. The van der Waals surface area contributed by atoms with Crippen LogP contribution < -0.4 is 11.1 Å². The van der Waals surface area contributed by atoms with E-state index < -0.39 is 5.54 Å². The van der Waals surface area contributed by atoms with Crippen LogP contribution in [-0.4, -0.2) is 18.6 Å². The molecule has 3 N–H and O–H groups in total. The number of ether oxygens (including phenoxy) is 1. The van der Waals surface area contributed by atoms with E-state index in [1.165, 1.54) is 0 Å². The Kier molecular flexibility index (Phi) is 5.97. The molecule has 0 radical (unpaired) electrons. The Hall–Kier alpha value is -0.910. The van der Waals surface area contributed by atoms with Gasteiger partial charge >= 0.3 is 0 Å². The van der Waals surface area contributed by atoms with Gasteiger partial charge in [0.15, 0.2) is 0 Å². The minimum absolute atomic E-state index is 0.159. The van der Waals surface area contributed by atoms with Crippen molar-refractivity contribution in [1.82, 2.24) is 0 Å². The predicted molar refractivity (Wildman–Crippen MR) is 81.0 cm³/mol. The number of halogens is 1. The van der Waals surface area contributed by atoms with Crippen LogP contribution in [0.3, 0.4) is 0 Å². The molecule has 0 aliphatic carbocycles. The van der Waals surface area contributed by atoms with E-state index in [-0.39, 0.29) is 5.91 Å². The quantitative estimate of drug-likeness (QED) is 0.843. The van der Waals surface area contributed by atoms with Crippen molar-refractivity contribution in [3.05, 3.63) is 28.2 Å². The van der Waals surface area contributed by atoms with E-state index in [1.54, 1.807) is 7.11 Å². The van der Waals surface area contributed by atoms with Crippen molar-refractivity contribution in [2.24, 2.45) is 5.73 Å². The number of rotatable bonds is 6. The monoisotopic (exact) mass is 328 g/mol. The third-order valence-corrected chi connectivity index (χ3v) is 4.11. The lowest BCUT2D eigenvalue weighted by Gasteiger charge is -2.26. The first-order chi connectivity index (χ1) is 8.98. The van der Waals surface area contributed by atoms with E-state index in [4.69, 9.17) is 10.5 Å². The lowest BCUT2D eigenvalue weighted by molar-refractivity contribution is -0.121. The Morgan fingerprint density at radius 1 is 1.42 bits per heavy atom. The fourth-order valence-electron chi connectivity index (χ4n) is 1.78. The number of hydrogen-bond acceptors (Lipinski definition) is 3. The molecule has 0 heterocycles. The number of nitrogens with two attached hydrogens (primary N) is 1. The first-order valence-electron chi connectivity index (χ1n) is 6.35. The van der Waals surface area contributed by atoms with Crippen molar-refractivity contribution in [3.63, 3.8) is 0 Å². The molecule has 0 spiro atoms. The van der Waals surface area contributed by atoms with Gasteiger partial charge in [0.25, 0.3) is 0 Å². The highest BCUT2D eigenvalue weighted by Gasteiger charge is 2.30. The Labute approximate surface area is 122 Å². The highest BCUT2D eigenvalue weighted by atomic mass is 79.9. The molecular formula is C14H21BrN2O2. The first kappa shape index (κ1) is 16.1. The average molecular weight is 329 g/mol.